The quantitative estimate of drug-likeness (QED) is 0.365. The second kappa shape index (κ2) is 7.83. The van der Waals surface area contributed by atoms with Gasteiger partial charge in [-0.05, 0) is 17.7 Å². The van der Waals surface area contributed by atoms with E-state index in [1.54, 1.807) is 28.8 Å². The zero-order valence-corrected chi connectivity index (χ0v) is 14.4. The number of benzene rings is 1. The van der Waals surface area contributed by atoms with Gasteiger partial charge in [0.05, 0.1) is 11.2 Å². The zero-order valence-electron chi connectivity index (χ0n) is 13.6. The Balaban J connectivity index is 1.81. The van der Waals surface area contributed by atoms with Crippen molar-refractivity contribution in [3.8, 4) is 11.6 Å². The number of hydrogen-bond donors (Lipinski definition) is 1. The molecule has 0 bridgehead atoms. The van der Waals surface area contributed by atoms with Crippen molar-refractivity contribution in [1.82, 2.24) is 14.8 Å². The number of nitrogens with two attached hydrogens (primary N) is 1. The minimum Gasteiger partial charge on any atom is -0.461 e. The summed E-state index contributed by atoms with van der Waals surface area (Å²) in [7, 11) is 0. The highest BCUT2D eigenvalue weighted by molar-refractivity contribution is 7.98. The van der Waals surface area contributed by atoms with Gasteiger partial charge in [-0.1, -0.05) is 23.9 Å². The Hall–Kier alpha value is -3.14. The number of amides is 1. The first-order valence-corrected chi connectivity index (χ1v) is 8.64. The molecule has 3 aromatic rings. The normalized spacial score (nSPS) is 10.8. The van der Waals surface area contributed by atoms with E-state index in [1.165, 1.54) is 30.2 Å². The Bertz CT molecular complexity index is 923. The van der Waals surface area contributed by atoms with Crippen molar-refractivity contribution in [2.45, 2.75) is 23.9 Å². The Kier molecular flexibility index (Phi) is 5.32. The van der Waals surface area contributed by atoms with E-state index in [4.69, 9.17) is 10.2 Å². The van der Waals surface area contributed by atoms with Crippen molar-refractivity contribution in [1.29, 1.82) is 0 Å². The first kappa shape index (κ1) is 17.7. The number of thioether (sulfide) groups is 1. The van der Waals surface area contributed by atoms with E-state index in [0.717, 1.165) is 5.56 Å². The first-order chi connectivity index (χ1) is 12.5. The van der Waals surface area contributed by atoms with Gasteiger partial charge in [0.1, 0.15) is 0 Å². The van der Waals surface area contributed by atoms with Crippen LogP contribution in [0.2, 0.25) is 0 Å². The molecule has 0 aliphatic heterocycles. The third-order valence-electron chi connectivity index (χ3n) is 3.53. The van der Waals surface area contributed by atoms with Gasteiger partial charge in [0.15, 0.2) is 16.7 Å². The maximum Gasteiger partial charge on any atom is 0.269 e. The number of non-ortho nitro benzene ring substituents is 1. The summed E-state index contributed by atoms with van der Waals surface area (Å²) in [5.41, 5.74) is 6.07. The molecule has 0 spiro atoms. The second-order valence-electron chi connectivity index (χ2n) is 5.37. The molecular formula is C16H15N5O4S. The van der Waals surface area contributed by atoms with E-state index in [1.807, 2.05) is 0 Å². The predicted octanol–water partition coefficient (Wildman–Crippen LogP) is 2.61. The van der Waals surface area contributed by atoms with Crippen molar-refractivity contribution in [2.75, 3.05) is 0 Å². The average Bonchev–Trinajstić information content (AvgIpc) is 3.27. The fraction of sp³-hybridized carbons (Fsp3) is 0.188. The molecule has 2 N–H and O–H groups in total. The van der Waals surface area contributed by atoms with Crippen LogP contribution in [0.5, 0.6) is 0 Å². The smallest absolute Gasteiger partial charge is 0.269 e. The van der Waals surface area contributed by atoms with Gasteiger partial charge in [-0.15, -0.1) is 10.2 Å². The highest BCUT2D eigenvalue weighted by atomic mass is 32.2. The van der Waals surface area contributed by atoms with Crippen LogP contribution in [0.3, 0.4) is 0 Å². The monoisotopic (exact) mass is 373 g/mol. The van der Waals surface area contributed by atoms with Gasteiger partial charge < -0.3 is 10.2 Å². The lowest BCUT2D eigenvalue weighted by Gasteiger charge is -2.08. The van der Waals surface area contributed by atoms with E-state index in [2.05, 4.69) is 10.2 Å². The number of carbonyl (C=O) groups is 1. The number of nitro benzene ring substituents is 1. The summed E-state index contributed by atoms with van der Waals surface area (Å²) in [6.07, 6.45) is 1.66. The maximum atomic E-state index is 11.2. The van der Waals surface area contributed by atoms with Gasteiger partial charge >= 0.3 is 0 Å². The van der Waals surface area contributed by atoms with Gasteiger partial charge in [-0.25, -0.2) is 0 Å². The number of aromatic nitrogens is 3. The van der Waals surface area contributed by atoms with Crippen LogP contribution < -0.4 is 5.73 Å². The molecule has 0 atom stereocenters. The van der Waals surface area contributed by atoms with Crippen LogP contribution in [0, 0.1) is 10.1 Å². The highest BCUT2D eigenvalue weighted by Gasteiger charge is 2.17. The Labute approximate surface area is 152 Å². The van der Waals surface area contributed by atoms with Gasteiger partial charge in [-0.3, -0.25) is 19.5 Å². The van der Waals surface area contributed by atoms with Gasteiger partial charge in [0, 0.05) is 30.9 Å². The molecule has 0 aliphatic rings. The van der Waals surface area contributed by atoms with Crippen molar-refractivity contribution in [2.24, 2.45) is 5.73 Å². The van der Waals surface area contributed by atoms with Crippen LogP contribution >= 0.6 is 11.8 Å². The highest BCUT2D eigenvalue weighted by Crippen LogP contribution is 2.27. The zero-order chi connectivity index (χ0) is 18.5. The number of hydrogen-bond acceptors (Lipinski definition) is 7. The lowest BCUT2D eigenvalue weighted by Crippen LogP contribution is -2.15. The number of rotatable bonds is 8. The van der Waals surface area contributed by atoms with Crippen molar-refractivity contribution in [3.05, 3.63) is 58.3 Å². The molecule has 1 amide bonds. The van der Waals surface area contributed by atoms with E-state index in [9.17, 15) is 14.9 Å². The Morgan fingerprint density at radius 1 is 1.31 bits per heavy atom. The summed E-state index contributed by atoms with van der Waals surface area (Å²) in [5, 5.41) is 19.7. The van der Waals surface area contributed by atoms with Crippen molar-refractivity contribution in [3.63, 3.8) is 0 Å². The minimum atomic E-state index is -0.432. The van der Waals surface area contributed by atoms with Crippen LogP contribution in [-0.4, -0.2) is 25.6 Å². The molecule has 26 heavy (non-hydrogen) atoms. The number of furan rings is 1. The van der Waals surface area contributed by atoms with Crippen LogP contribution in [0.25, 0.3) is 11.6 Å². The van der Waals surface area contributed by atoms with Gasteiger partial charge in [0.2, 0.25) is 5.91 Å². The standard InChI is InChI=1S/C16H15N5O4S/c17-14(22)6-7-20-15(13-5-2-8-25-13)18-19-16(20)26-10-11-3-1-4-12(9-11)21(23)24/h1-5,8-9H,6-7,10H2,(H2,17,22). The summed E-state index contributed by atoms with van der Waals surface area (Å²) < 4.78 is 7.12. The molecule has 0 saturated carbocycles. The lowest BCUT2D eigenvalue weighted by atomic mass is 10.2. The summed E-state index contributed by atoms with van der Waals surface area (Å²) in [4.78, 5) is 21.6. The summed E-state index contributed by atoms with van der Waals surface area (Å²) in [6, 6.07) is 9.89. The SMILES string of the molecule is NC(=O)CCn1c(SCc2cccc([N+](=O)[O-])c2)nnc1-c1ccco1. The Morgan fingerprint density at radius 2 is 2.15 bits per heavy atom. The molecule has 10 heteroatoms. The number of carbonyl (C=O) groups excluding carboxylic acids is 1. The van der Waals surface area contributed by atoms with Crippen molar-refractivity contribution < 1.29 is 14.1 Å². The molecule has 0 aliphatic carbocycles. The molecule has 9 nitrogen and oxygen atoms in total. The molecule has 1 aromatic carbocycles. The van der Waals surface area contributed by atoms with Gasteiger partial charge in [0.25, 0.3) is 5.69 Å². The molecule has 2 heterocycles. The average molecular weight is 373 g/mol. The molecule has 0 unspecified atom stereocenters. The van der Waals surface area contributed by atoms with E-state index in [-0.39, 0.29) is 12.1 Å². The molecule has 134 valence electrons. The minimum absolute atomic E-state index is 0.0366. The summed E-state index contributed by atoms with van der Waals surface area (Å²) in [5.74, 6) is 1.06. The fourth-order valence-corrected chi connectivity index (χ4v) is 3.22. The molecule has 0 saturated heterocycles. The van der Waals surface area contributed by atoms with E-state index >= 15 is 0 Å². The molecule has 0 fully saturated rings. The maximum absolute atomic E-state index is 11.2. The number of nitrogens with zero attached hydrogens (tertiary/aromatic N) is 4. The van der Waals surface area contributed by atoms with Crippen molar-refractivity contribution >= 4 is 23.4 Å². The topological polar surface area (TPSA) is 130 Å². The summed E-state index contributed by atoms with van der Waals surface area (Å²) in [6.45, 7) is 0.315. The molecular weight excluding hydrogens is 358 g/mol. The molecule has 2 aromatic heterocycles. The molecule has 3 rings (SSSR count). The number of primary amides is 1. The third kappa shape index (κ3) is 4.09. The van der Waals surface area contributed by atoms with E-state index < -0.39 is 10.8 Å². The van der Waals surface area contributed by atoms with Crippen LogP contribution in [-0.2, 0) is 17.1 Å². The summed E-state index contributed by atoms with van der Waals surface area (Å²) >= 11 is 1.36. The van der Waals surface area contributed by atoms with Crippen LogP contribution in [0.1, 0.15) is 12.0 Å². The molecule has 0 radical (unpaired) electrons. The van der Waals surface area contributed by atoms with Gasteiger partial charge in [-0.2, -0.15) is 0 Å². The van der Waals surface area contributed by atoms with E-state index in [0.29, 0.717) is 29.0 Å². The predicted molar refractivity (Wildman–Crippen MR) is 94.2 cm³/mol. The third-order valence-corrected chi connectivity index (χ3v) is 4.57. The second-order valence-corrected chi connectivity index (χ2v) is 6.31. The number of nitro groups is 1. The lowest BCUT2D eigenvalue weighted by molar-refractivity contribution is -0.384. The fourth-order valence-electron chi connectivity index (χ4n) is 2.31. The van der Waals surface area contributed by atoms with Crippen LogP contribution in [0.15, 0.2) is 52.2 Å². The first-order valence-electron chi connectivity index (χ1n) is 7.66. The van der Waals surface area contributed by atoms with Crippen LogP contribution in [0.4, 0.5) is 5.69 Å². The largest absolute Gasteiger partial charge is 0.461 e. The Morgan fingerprint density at radius 3 is 2.85 bits per heavy atom.